The molecule has 0 saturated carbocycles. The number of benzene rings is 1. The number of nitrogens with zero attached hydrogens (tertiary/aromatic N) is 1. The molecule has 1 aliphatic heterocycles. The zero-order valence-corrected chi connectivity index (χ0v) is 13.2. The molecule has 2 rings (SSSR count). The summed E-state index contributed by atoms with van der Waals surface area (Å²) in [6.45, 7) is 7.13. The van der Waals surface area contributed by atoms with Gasteiger partial charge in [-0.1, -0.05) is 19.1 Å². The highest BCUT2D eigenvalue weighted by atomic mass is 32.2. The van der Waals surface area contributed by atoms with Gasteiger partial charge in [-0.3, -0.25) is 4.90 Å². The van der Waals surface area contributed by atoms with Crippen molar-refractivity contribution in [3.63, 3.8) is 0 Å². The Hall–Kier alpha value is -1.15. The zero-order chi connectivity index (χ0) is 15.1. The van der Waals surface area contributed by atoms with Gasteiger partial charge >= 0.3 is 0 Å². The minimum Gasteiger partial charge on any atom is -0.383 e. The van der Waals surface area contributed by atoms with Gasteiger partial charge in [-0.05, 0) is 12.1 Å². The van der Waals surface area contributed by atoms with Crippen molar-refractivity contribution in [2.75, 3.05) is 51.3 Å². The minimum absolute atomic E-state index is 0.300. The molecular formula is C14H23N3O3S. The number of para-hydroxylation sites is 1. The van der Waals surface area contributed by atoms with Crippen LogP contribution in [0.3, 0.4) is 0 Å². The van der Waals surface area contributed by atoms with Crippen LogP contribution in [0, 0.1) is 0 Å². The second kappa shape index (κ2) is 7.74. The largest absolute Gasteiger partial charge is 0.383 e. The summed E-state index contributed by atoms with van der Waals surface area (Å²) in [6, 6.07) is 6.98. The number of hydrogen-bond donors (Lipinski definition) is 2. The quantitative estimate of drug-likeness (QED) is 0.776. The summed E-state index contributed by atoms with van der Waals surface area (Å²) in [7, 11) is -3.44. The number of hydrogen-bond acceptors (Lipinski definition) is 5. The molecule has 0 bridgehead atoms. The van der Waals surface area contributed by atoms with E-state index in [1.165, 1.54) is 0 Å². The fourth-order valence-corrected chi connectivity index (χ4v) is 3.51. The molecule has 1 saturated heterocycles. The third kappa shape index (κ3) is 4.67. The van der Waals surface area contributed by atoms with Crippen molar-refractivity contribution in [2.24, 2.45) is 0 Å². The Labute approximate surface area is 126 Å². The summed E-state index contributed by atoms with van der Waals surface area (Å²) in [4.78, 5) is 2.60. The van der Waals surface area contributed by atoms with Gasteiger partial charge in [0.25, 0.3) is 0 Å². The van der Waals surface area contributed by atoms with Gasteiger partial charge in [0.05, 0.1) is 18.9 Å². The monoisotopic (exact) mass is 313 g/mol. The molecule has 1 aliphatic rings. The van der Waals surface area contributed by atoms with E-state index in [2.05, 4.69) is 14.9 Å². The van der Waals surface area contributed by atoms with Crippen molar-refractivity contribution in [1.29, 1.82) is 0 Å². The predicted octanol–water partition coefficient (Wildman–Crippen LogP) is 0.729. The first kappa shape index (κ1) is 16.2. The second-order valence-corrected chi connectivity index (χ2v) is 6.61. The molecule has 0 aromatic heterocycles. The SMILES string of the molecule is CCNS(=O)(=O)c1ccccc1NCCN1CCOCC1. The van der Waals surface area contributed by atoms with E-state index in [9.17, 15) is 8.42 Å². The lowest BCUT2D eigenvalue weighted by Crippen LogP contribution is -2.39. The van der Waals surface area contributed by atoms with Crippen LogP contribution < -0.4 is 10.0 Å². The van der Waals surface area contributed by atoms with E-state index < -0.39 is 10.0 Å². The van der Waals surface area contributed by atoms with Crippen molar-refractivity contribution in [3.8, 4) is 0 Å². The standard InChI is InChI=1S/C14H23N3O3S/c1-2-16-21(18,19)14-6-4-3-5-13(14)15-7-8-17-9-11-20-12-10-17/h3-6,15-16H,2,7-12H2,1H3. The molecule has 1 fully saturated rings. The van der Waals surface area contributed by atoms with Crippen LogP contribution in [0.5, 0.6) is 0 Å². The van der Waals surface area contributed by atoms with Crippen LogP contribution >= 0.6 is 0 Å². The first-order valence-electron chi connectivity index (χ1n) is 7.26. The number of morpholine rings is 1. The fourth-order valence-electron chi connectivity index (χ4n) is 2.29. The number of rotatable bonds is 7. The van der Waals surface area contributed by atoms with Crippen LogP contribution in [0.15, 0.2) is 29.2 Å². The van der Waals surface area contributed by atoms with Gasteiger partial charge in [0.15, 0.2) is 0 Å². The molecule has 7 heteroatoms. The topological polar surface area (TPSA) is 70.7 Å². The highest BCUT2D eigenvalue weighted by molar-refractivity contribution is 7.89. The molecule has 118 valence electrons. The third-order valence-corrected chi connectivity index (χ3v) is 4.96. The number of anilines is 1. The molecule has 6 nitrogen and oxygen atoms in total. The maximum absolute atomic E-state index is 12.1. The molecule has 2 N–H and O–H groups in total. The summed E-state index contributed by atoms with van der Waals surface area (Å²) < 4.78 is 32.1. The van der Waals surface area contributed by atoms with E-state index in [1.807, 2.05) is 6.07 Å². The normalized spacial score (nSPS) is 16.8. The highest BCUT2D eigenvalue weighted by Gasteiger charge is 2.17. The van der Waals surface area contributed by atoms with Crippen LogP contribution in [-0.2, 0) is 14.8 Å². The van der Waals surface area contributed by atoms with Crippen LogP contribution in [-0.4, -0.2) is 59.3 Å². The lowest BCUT2D eigenvalue weighted by Gasteiger charge is -2.26. The molecule has 1 aromatic rings. The Bertz CT molecular complexity index is 542. The molecule has 1 heterocycles. The molecule has 0 radical (unpaired) electrons. The van der Waals surface area contributed by atoms with Crippen LogP contribution in [0.1, 0.15) is 6.92 Å². The van der Waals surface area contributed by atoms with E-state index >= 15 is 0 Å². The van der Waals surface area contributed by atoms with Crippen molar-refractivity contribution < 1.29 is 13.2 Å². The van der Waals surface area contributed by atoms with Crippen molar-refractivity contribution in [3.05, 3.63) is 24.3 Å². The van der Waals surface area contributed by atoms with Crippen LogP contribution in [0.4, 0.5) is 5.69 Å². The summed E-state index contributed by atoms with van der Waals surface area (Å²) in [5.74, 6) is 0. The molecule has 1 aromatic carbocycles. The van der Waals surface area contributed by atoms with Gasteiger partial charge < -0.3 is 10.1 Å². The third-order valence-electron chi connectivity index (χ3n) is 3.36. The molecule has 0 aliphatic carbocycles. The van der Waals surface area contributed by atoms with E-state index in [-0.39, 0.29) is 0 Å². The Morgan fingerprint density at radius 2 is 1.95 bits per heavy atom. The van der Waals surface area contributed by atoms with E-state index in [1.54, 1.807) is 25.1 Å². The Balaban J connectivity index is 1.96. The molecule has 21 heavy (non-hydrogen) atoms. The van der Waals surface area contributed by atoms with Gasteiger partial charge in [-0.2, -0.15) is 0 Å². The second-order valence-electron chi connectivity index (χ2n) is 4.88. The average Bonchev–Trinajstić information content (AvgIpc) is 2.49. The van der Waals surface area contributed by atoms with Gasteiger partial charge in [0, 0.05) is 32.7 Å². The van der Waals surface area contributed by atoms with E-state index in [0.29, 0.717) is 23.7 Å². The number of ether oxygens (including phenoxy) is 1. The van der Waals surface area contributed by atoms with Crippen LogP contribution in [0.25, 0.3) is 0 Å². The van der Waals surface area contributed by atoms with Crippen LogP contribution in [0.2, 0.25) is 0 Å². The lowest BCUT2D eigenvalue weighted by atomic mass is 10.3. The Kier molecular flexibility index (Phi) is 5.98. The summed E-state index contributed by atoms with van der Waals surface area (Å²) in [5, 5.41) is 3.22. The lowest BCUT2D eigenvalue weighted by molar-refractivity contribution is 0.0398. The van der Waals surface area contributed by atoms with Crippen molar-refractivity contribution in [1.82, 2.24) is 9.62 Å². The van der Waals surface area contributed by atoms with E-state index in [0.717, 1.165) is 32.8 Å². The van der Waals surface area contributed by atoms with Gasteiger partial charge in [0.1, 0.15) is 4.90 Å². The Morgan fingerprint density at radius 3 is 2.67 bits per heavy atom. The van der Waals surface area contributed by atoms with E-state index in [4.69, 9.17) is 4.74 Å². The molecular weight excluding hydrogens is 290 g/mol. The highest BCUT2D eigenvalue weighted by Crippen LogP contribution is 2.20. The first-order valence-corrected chi connectivity index (χ1v) is 8.74. The smallest absolute Gasteiger partial charge is 0.242 e. The summed E-state index contributed by atoms with van der Waals surface area (Å²) in [6.07, 6.45) is 0. The fraction of sp³-hybridized carbons (Fsp3) is 0.571. The van der Waals surface area contributed by atoms with Gasteiger partial charge in [0.2, 0.25) is 10.0 Å². The summed E-state index contributed by atoms with van der Waals surface area (Å²) >= 11 is 0. The zero-order valence-electron chi connectivity index (χ0n) is 12.3. The number of nitrogens with one attached hydrogen (secondary N) is 2. The first-order chi connectivity index (χ1) is 10.1. The molecule has 0 unspecified atom stereocenters. The predicted molar refractivity (Wildman–Crippen MR) is 83.1 cm³/mol. The average molecular weight is 313 g/mol. The molecule has 0 amide bonds. The van der Waals surface area contributed by atoms with Crippen molar-refractivity contribution >= 4 is 15.7 Å². The van der Waals surface area contributed by atoms with Gasteiger partial charge in [-0.25, -0.2) is 13.1 Å². The maximum atomic E-state index is 12.1. The number of sulfonamides is 1. The Morgan fingerprint density at radius 1 is 1.24 bits per heavy atom. The van der Waals surface area contributed by atoms with Crippen molar-refractivity contribution in [2.45, 2.75) is 11.8 Å². The maximum Gasteiger partial charge on any atom is 0.242 e. The minimum atomic E-state index is -3.44. The molecule has 0 spiro atoms. The summed E-state index contributed by atoms with van der Waals surface area (Å²) in [5.41, 5.74) is 0.645. The molecule has 0 atom stereocenters. The van der Waals surface area contributed by atoms with Gasteiger partial charge in [-0.15, -0.1) is 0 Å².